The predicted octanol–water partition coefficient (Wildman–Crippen LogP) is 4.76. The summed E-state index contributed by atoms with van der Waals surface area (Å²) in [7, 11) is 0. The molecule has 0 fully saturated rings. The van der Waals surface area contributed by atoms with Gasteiger partial charge in [-0.05, 0) is 49.2 Å². The Morgan fingerprint density at radius 1 is 1.00 bits per heavy atom. The van der Waals surface area contributed by atoms with E-state index in [0.717, 1.165) is 28.2 Å². The Morgan fingerprint density at radius 3 is 2.33 bits per heavy atom. The third-order valence-electron chi connectivity index (χ3n) is 4.30. The van der Waals surface area contributed by atoms with Gasteiger partial charge in [0.1, 0.15) is 10.7 Å². The van der Waals surface area contributed by atoms with Gasteiger partial charge in [0.05, 0.1) is 11.3 Å². The summed E-state index contributed by atoms with van der Waals surface area (Å²) in [5.74, 6) is -1.46. The third kappa shape index (κ3) is 3.42. The fourth-order valence-corrected chi connectivity index (χ4v) is 2.94. The van der Waals surface area contributed by atoms with Gasteiger partial charge in [0.15, 0.2) is 0 Å². The average Bonchev–Trinajstić information content (AvgIpc) is 2.81. The standard InChI is InChI=1S/C19H14ClF3N2O2/c1-10-5-3-8-14(11(10)2)25-17(26)15(20)16(18(25)27)24-13-7-4-6-12(9-13)19(21,22)23/h3-9,24H,1-2H3. The highest BCUT2D eigenvalue weighted by Gasteiger charge is 2.40. The van der Waals surface area contributed by atoms with Crippen LogP contribution >= 0.6 is 11.6 Å². The summed E-state index contributed by atoms with van der Waals surface area (Å²) in [6, 6.07) is 9.44. The van der Waals surface area contributed by atoms with Crippen LogP contribution in [0, 0.1) is 13.8 Å². The summed E-state index contributed by atoms with van der Waals surface area (Å²) < 4.78 is 38.6. The van der Waals surface area contributed by atoms with Crippen LogP contribution in [0.4, 0.5) is 24.5 Å². The minimum Gasteiger partial charge on any atom is -0.350 e. The van der Waals surface area contributed by atoms with Crippen molar-refractivity contribution in [3.05, 3.63) is 69.9 Å². The van der Waals surface area contributed by atoms with Crippen molar-refractivity contribution in [1.29, 1.82) is 0 Å². The number of alkyl halides is 3. The number of aryl methyl sites for hydroxylation is 1. The van der Waals surface area contributed by atoms with E-state index in [4.69, 9.17) is 11.6 Å². The summed E-state index contributed by atoms with van der Waals surface area (Å²) >= 11 is 6.02. The van der Waals surface area contributed by atoms with Crippen molar-refractivity contribution in [2.75, 3.05) is 10.2 Å². The maximum absolute atomic E-state index is 12.9. The fourth-order valence-electron chi connectivity index (χ4n) is 2.73. The molecule has 0 saturated carbocycles. The minimum atomic E-state index is -4.53. The van der Waals surface area contributed by atoms with E-state index in [9.17, 15) is 22.8 Å². The number of anilines is 2. The zero-order chi connectivity index (χ0) is 19.9. The Morgan fingerprint density at radius 2 is 1.67 bits per heavy atom. The maximum atomic E-state index is 12.9. The van der Waals surface area contributed by atoms with E-state index in [-0.39, 0.29) is 16.4 Å². The van der Waals surface area contributed by atoms with E-state index < -0.39 is 23.6 Å². The van der Waals surface area contributed by atoms with Gasteiger partial charge in [0.25, 0.3) is 11.8 Å². The van der Waals surface area contributed by atoms with Crippen LogP contribution in [0.1, 0.15) is 16.7 Å². The van der Waals surface area contributed by atoms with Crippen LogP contribution in [0.15, 0.2) is 53.2 Å². The topological polar surface area (TPSA) is 49.4 Å². The lowest BCUT2D eigenvalue weighted by atomic mass is 10.1. The van der Waals surface area contributed by atoms with Crippen LogP contribution < -0.4 is 10.2 Å². The van der Waals surface area contributed by atoms with Crippen molar-refractivity contribution in [2.45, 2.75) is 20.0 Å². The number of amides is 2. The Bertz CT molecular complexity index is 983. The Balaban J connectivity index is 1.95. The molecule has 0 atom stereocenters. The first-order valence-corrected chi connectivity index (χ1v) is 8.28. The van der Waals surface area contributed by atoms with Gasteiger partial charge in [-0.25, -0.2) is 4.90 Å². The summed E-state index contributed by atoms with van der Waals surface area (Å²) in [6.07, 6.45) is -4.53. The molecule has 0 saturated heterocycles. The van der Waals surface area contributed by atoms with Gasteiger partial charge >= 0.3 is 6.18 Å². The summed E-state index contributed by atoms with van der Waals surface area (Å²) in [5, 5.41) is 2.18. The Kier molecular flexibility index (Phi) is 4.73. The molecule has 2 aromatic carbocycles. The van der Waals surface area contributed by atoms with Crippen LogP contribution in [0.3, 0.4) is 0 Å². The zero-order valence-electron chi connectivity index (χ0n) is 14.3. The quantitative estimate of drug-likeness (QED) is 0.764. The third-order valence-corrected chi connectivity index (χ3v) is 4.65. The second-order valence-electron chi connectivity index (χ2n) is 6.06. The molecular weight excluding hydrogens is 381 g/mol. The average molecular weight is 395 g/mol. The zero-order valence-corrected chi connectivity index (χ0v) is 15.1. The number of hydrogen-bond acceptors (Lipinski definition) is 3. The molecule has 1 aliphatic rings. The molecule has 2 aromatic rings. The molecule has 4 nitrogen and oxygen atoms in total. The maximum Gasteiger partial charge on any atom is 0.416 e. The SMILES string of the molecule is Cc1cccc(N2C(=O)C(Cl)=C(Nc3cccc(C(F)(F)F)c3)C2=O)c1C. The highest BCUT2D eigenvalue weighted by Crippen LogP contribution is 2.34. The van der Waals surface area contributed by atoms with E-state index in [1.165, 1.54) is 12.1 Å². The lowest BCUT2D eigenvalue weighted by Gasteiger charge is -2.18. The Labute approximate surface area is 158 Å². The first kappa shape index (κ1) is 19.0. The van der Waals surface area contributed by atoms with Crippen LogP contribution in [0.25, 0.3) is 0 Å². The van der Waals surface area contributed by atoms with Gasteiger partial charge in [-0.3, -0.25) is 9.59 Å². The van der Waals surface area contributed by atoms with Crippen molar-refractivity contribution in [2.24, 2.45) is 0 Å². The van der Waals surface area contributed by atoms with E-state index in [2.05, 4.69) is 5.32 Å². The van der Waals surface area contributed by atoms with E-state index >= 15 is 0 Å². The van der Waals surface area contributed by atoms with Crippen molar-refractivity contribution in [3.8, 4) is 0 Å². The summed E-state index contributed by atoms with van der Waals surface area (Å²) in [6.45, 7) is 3.60. The lowest BCUT2D eigenvalue weighted by Crippen LogP contribution is -2.33. The molecule has 0 aromatic heterocycles. The molecule has 27 heavy (non-hydrogen) atoms. The Hall–Kier alpha value is -2.80. The van der Waals surface area contributed by atoms with Crippen LogP contribution in [-0.4, -0.2) is 11.8 Å². The second-order valence-corrected chi connectivity index (χ2v) is 6.44. The molecule has 1 heterocycles. The molecule has 0 spiro atoms. The second kappa shape index (κ2) is 6.74. The number of nitrogens with one attached hydrogen (secondary N) is 1. The molecule has 3 rings (SSSR count). The number of rotatable bonds is 3. The van der Waals surface area contributed by atoms with E-state index in [1.54, 1.807) is 19.1 Å². The minimum absolute atomic E-state index is 0.00180. The van der Waals surface area contributed by atoms with Gasteiger partial charge in [0, 0.05) is 5.69 Å². The van der Waals surface area contributed by atoms with E-state index in [0.29, 0.717) is 5.69 Å². The van der Waals surface area contributed by atoms with Crippen molar-refractivity contribution < 1.29 is 22.8 Å². The van der Waals surface area contributed by atoms with Gasteiger partial charge < -0.3 is 5.32 Å². The summed E-state index contributed by atoms with van der Waals surface area (Å²) in [5.41, 5.74) is 0.840. The number of halogens is 4. The number of carbonyl (C=O) groups excluding carboxylic acids is 2. The van der Waals surface area contributed by atoms with Gasteiger partial charge in [-0.2, -0.15) is 13.2 Å². The smallest absolute Gasteiger partial charge is 0.350 e. The molecule has 0 aliphatic carbocycles. The van der Waals surface area contributed by atoms with E-state index in [1.807, 2.05) is 13.0 Å². The highest BCUT2D eigenvalue weighted by atomic mass is 35.5. The molecule has 1 N–H and O–H groups in total. The molecular formula is C19H14ClF3N2O2. The van der Waals surface area contributed by atoms with Crippen molar-refractivity contribution in [3.63, 3.8) is 0 Å². The lowest BCUT2D eigenvalue weighted by molar-refractivity contribution is -0.137. The van der Waals surface area contributed by atoms with Crippen molar-refractivity contribution >= 4 is 34.8 Å². The first-order chi connectivity index (χ1) is 12.6. The van der Waals surface area contributed by atoms with Gasteiger partial charge in [-0.1, -0.05) is 29.8 Å². The molecule has 2 amide bonds. The monoisotopic (exact) mass is 394 g/mol. The predicted molar refractivity (Wildman–Crippen MR) is 96.4 cm³/mol. The molecule has 0 bridgehead atoms. The van der Waals surface area contributed by atoms with Crippen molar-refractivity contribution in [1.82, 2.24) is 0 Å². The molecule has 140 valence electrons. The first-order valence-electron chi connectivity index (χ1n) is 7.90. The van der Waals surface area contributed by atoms with Crippen LogP contribution in [0.5, 0.6) is 0 Å². The van der Waals surface area contributed by atoms with Crippen LogP contribution in [-0.2, 0) is 15.8 Å². The van der Waals surface area contributed by atoms with Gasteiger partial charge in [-0.15, -0.1) is 0 Å². The molecule has 0 radical (unpaired) electrons. The fraction of sp³-hybridized carbons (Fsp3) is 0.158. The molecule has 0 unspecified atom stereocenters. The number of benzene rings is 2. The van der Waals surface area contributed by atoms with Crippen LogP contribution in [0.2, 0.25) is 0 Å². The number of imide groups is 1. The molecule has 8 heteroatoms. The molecule has 1 aliphatic heterocycles. The summed E-state index contributed by atoms with van der Waals surface area (Å²) in [4.78, 5) is 26.2. The normalized spacial score (nSPS) is 15.0. The number of nitrogens with zero attached hydrogens (tertiary/aromatic N) is 1. The number of carbonyl (C=O) groups is 2. The highest BCUT2D eigenvalue weighted by molar-refractivity contribution is 6.53. The largest absolute Gasteiger partial charge is 0.416 e. The number of hydrogen-bond donors (Lipinski definition) is 1. The van der Waals surface area contributed by atoms with Gasteiger partial charge in [0.2, 0.25) is 0 Å².